The van der Waals surface area contributed by atoms with E-state index in [0.717, 1.165) is 10.1 Å². The van der Waals surface area contributed by atoms with Gasteiger partial charge in [0, 0.05) is 19.3 Å². The predicted molar refractivity (Wildman–Crippen MR) is 52.9 cm³/mol. The minimum atomic E-state index is -0.305. The lowest BCUT2D eigenvalue weighted by molar-refractivity contribution is 0.145. The molecular weight excluding hydrogens is 269 g/mol. The van der Waals surface area contributed by atoms with Crippen LogP contribution in [0.3, 0.4) is 0 Å². The van der Waals surface area contributed by atoms with Gasteiger partial charge in [-0.25, -0.2) is 0 Å². The second kappa shape index (κ2) is 3.31. The number of aromatic nitrogens is 2. The summed E-state index contributed by atoms with van der Waals surface area (Å²) in [5.41, 5.74) is 0. The Bertz CT molecular complexity index is 275. The van der Waals surface area contributed by atoms with Crippen molar-refractivity contribution in [1.82, 2.24) is 15.1 Å². The number of hydrogen-bond acceptors (Lipinski definition) is 3. The summed E-state index contributed by atoms with van der Waals surface area (Å²) in [5.74, 6) is 0. The Morgan fingerprint density at radius 3 is 3.00 bits per heavy atom. The Morgan fingerprint density at radius 2 is 2.50 bits per heavy atom. The van der Waals surface area contributed by atoms with Crippen molar-refractivity contribution in [2.75, 3.05) is 13.1 Å². The first-order chi connectivity index (χ1) is 5.77. The highest BCUT2D eigenvalue weighted by molar-refractivity contribution is 14.1. The Balaban J connectivity index is 2.19. The number of nitrogens with zero attached hydrogens (tertiary/aromatic N) is 2. The Kier molecular flexibility index (Phi) is 2.33. The van der Waals surface area contributed by atoms with Crippen LogP contribution in [-0.4, -0.2) is 34.1 Å². The standard InChI is InChI=1S/C7H10IN3O/c8-5-1-10-11(4-5)6-2-9-3-7(6)12/h1,4,6-7,9,12H,2-3H2. The molecule has 1 aromatic rings. The van der Waals surface area contributed by atoms with Gasteiger partial charge in [-0.3, -0.25) is 4.68 Å². The highest BCUT2D eigenvalue weighted by Gasteiger charge is 2.26. The number of aliphatic hydroxyl groups is 1. The van der Waals surface area contributed by atoms with Crippen LogP contribution in [0.4, 0.5) is 0 Å². The van der Waals surface area contributed by atoms with E-state index in [9.17, 15) is 5.11 Å². The van der Waals surface area contributed by atoms with Crippen molar-refractivity contribution in [1.29, 1.82) is 0 Å². The van der Waals surface area contributed by atoms with Crippen LogP contribution in [-0.2, 0) is 0 Å². The molecule has 1 fully saturated rings. The van der Waals surface area contributed by atoms with Crippen LogP contribution in [0, 0.1) is 3.57 Å². The summed E-state index contributed by atoms with van der Waals surface area (Å²) in [7, 11) is 0. The molecule has 5 heteroatoms. The monoisotopic (exact) mass is 279 g/mol. The molecule has 2 N–H and O–H groups in total. The molecule has 2 heterocycles. The lowest BCUT2D eigenvalue weighted by Gasteiger charge is -2.12. The van der Waals surface area contributed by atoms with Crippen molar-refractivity contribution < 1.29 is 5.11 Å². The minimum Gasteiger partial charge on any atom is -0.390 e. The van der Waals surface area contributed by atoms with Crippen LogP contribution in [0.25, 0.3) is 0 Å². The highest BCUT2D eigenvalue weighted by Crippen LogP contribution is 2.15. The largest absolute Gasteiger partial charge is 0.390 e. The molecule has 2 rings (SSSR count). The molecule has 1 aliphatic heterocycles. The van der Waals surface area contributed by atoms with Crippen LogP contribution in [0.15, 0.2) is 12.4 Å². The molecule has 0 spiro atoms. The van der Waals surface area contributed by atoms with Crippen molar-refractivity contribution in [2.24, 2.45) is 0 Å². The fraction of sp³-hybridized carbons (Fsp3) is 0.571. The smallest absolute Gasteiger partial charge is 0.0914 e. The fourth-order valence-corrected chi connectivity index (χ4v) is 1.83. The van der Waals surface area contributed by atoms with E-state index in [1.807, 2.05) is 10.9 Å². The zero-order valence-electron chi connectivity index (χ0n) is 6.44. The molecule has 2 atom stereocenters. The van der Waals surface area contributed by atoms with Gasteiger partial charge in [0.15, 0.2) is 0 Å². The fourth-order valence-electron chi connectivity index (χ4n) is 1.42. The topological polar surface area (TPSA) is 50.1 Å². The van der Waals surface area contributed by atoms with Gasteiger partial charge in [-0.05, 0) is 22.6 Å². The number of hydrogen-bond donors (Lipinski definition) is 2. The average molecular weight is 279 g/mol. The number of β-amino-alcohol motifs (C(OH)–C–C–N with tert-alkyl or cyclic N) is 1. The van der Waals surface area contributed by atoms with Crippen molar-refractivity contribution in [3.8, 4) is 0 Å². The second-order valence-corrected chi connectivity index (χ2v) is 4.18. The summed E-state index contributed by atoms with van der Waals surface area (Å²) in [5, 5.41) is 16.8. The molecule has 0 aliphatic carbocycles. The van der Waals surface area contributed by atoms with E-state index < -0.39 is 0 Å². The summed E-state index contributed by atoms with van der Waals surface area (Å²) in [6.07, 6.45) is 3.44. The molecule has 12 heavy (non-hydrogen) atoms. The van der Waals surface area contributed by atoms with Gasteiger partial charge in [0.25, 0.3) is 0 Å². The summed E-state index contributed by atoms with van der Waals surface area (Å²) in [4.78, 5) is 0. The van der Waals surface area contributed by atoms with Crippen LogP contribution in [0.5, 0.6) is 0 Å². The van der Waals surface area contributed by atoms with E-state index in [1.54, 1.807) is 6.20 Å². The molecule has 0 bridgehead atoms. The molecule has 4 nitrogen and oxygen atoms in total. The molecular formula is C7H10IN3O. The number of nitrogens with one attached hydrogen (secondary N) is 1. The van der Waals surface area contributed by atoms with Gasteiger partial charge in [0.2, 0.25) is 0 Å². The van der Waals surface area contributed by atoms with E-state index in [4.69, 9.17) is 0 Å². The van der Waals surface area contributed by atoms with Crippen molar-refractivity contribution in [3.05, 3.63) is 16.0 Å². The van der Waals surface area contributed by atoms with Gasteiger partial charge in [-0.15, -0.1) is 0 Å². The van der Waals surface area contributed by atoms with Crippen LogP contribution in [0.2, 0.25) is 0 Å². The predicted octanol–water partition coefficient (Wildman–Crippen LogP) is -0.00710. The number of aliphatic hydroxyl groups excluding tert-OH is 1. The zero-order valence-corrected chi connectivity index (χ0v) is 8.60. The number of rotatable bonds is 1. The van der Waals surface area contributed by atoms with E-state index in [1.165, 1.54) is 0 Å². The molecule has 0 radical (unpaired) electrons. The average Bonchev–Trinajstić information content (AvgIpc) is 2.58. The molecule has 66 valence electrons. The lowest BCUT2D eigenvalue weighted by atomic mass is 10.2. The van der Waals surface area contributed by atoms with E-state index in [-0.39, 0.29) is 12.1 Å². The molecule has 1 aliphatic rings. The third-order valence-corrected chi connectivity index (χ3v) is 2.62. The number of halogens is 1. The lowest BCUT2D eigenvalue weighted by Crippen LogP contribution is -2.22. The van der Waals surface area contributed by atoms with Crippen molar-refractivity contribution in [2.45, 2.75) is 12.1 Å². The van der Waals surface area contributed by atoms with Crippen molar-refractivity contribution in [3.63, 3.8) is 0 Å². The summed E-state index contributed by atoms with van der Waals surface area (Å²) in [6.45, 7) is 1.47. The Morgan fingerprint density at radius 1 is 1.67 bits per heavy atom. The first-order valence-electron chi connectivity index (χ1n) is 3.86. The van der Waals surface area contributed by atoms with E-state index >= 15 is 0 Å². The molecule has 2 unspecified atom stereocenters. The molecule has 0 saturated carbocycles. The van der Waals surface area contributed by atoms with Gasteiger partial charge in [-0.2, -0.15) is 5.10 Å². The highest BCUT2D eigenvalue weighted by atomic mass is 127. The van der Waals surface area contributed by atoms with Crippen LogP contribution >= 0.6 is 22.6 Å². The minimum absolute atomic E-state index is 0.105. The molecule has 1 saturated heterocycles. The quantitative estimate of drug-likeness (QED) is 0.711. The van der Waals surface area contributed by atoms with Gasteiger partial charge in [-0.1, -0.05) is 0 Å². The maximum Gasteiger partial charge on any atom is 0.0914 e. The van der Waals surface area contributed by atoms with Gasteiger partial charge >= 0.3 is 0 Å². The van der Waals surface area contributed by atoms with Crippen LogP contribution in [0.1, 0.15) is 6.04 Å². The molecule has 0 aromatic carbocycles. The Hall–Kier alpha value is -0.140. The summed E-state index contributed by atoms with van der Waals surface area (Å²) < 4.78 is 2.93. The third-order valence-electron chi connectivity index (χ3n) is 2.06. The maximum absolute atomic E-state index is 9.53. The van der Waals surface area contributed by atoms with Gasteiger partial charge in [0.05, 0.1) is 21.9 Å². The normalized spacial score (nSPS) is 29.5. The third kappa shape index (κ3) is 1.48. The van der Waals surface area contributed by atoms with Gasteiger partial charge < -0.3 is 10.4 Å². The first kappa shape index (κ1) is 8.46. The van der Waals surface area contributed by atoms with Crippen molar-refractivity contribution >= 4 is 22.6 Å². The summed E-state index contributed by atoms with van der Waals surface area (Å²) >= 11 is 2.21. The first-order valence-corrected chi connectivity index (χ1v) is 4.93. The SMILES string of the molecule is OC1CNCC1n1cc(I)cn1. The second-order valence-electron chi connectivity index (χ2n) is 2.93. The molecule has 1 aromatic heterocycles. The maximum atomic E-state index is 9.53. The van der Waals surface area contributed by atoms with Gasteiger partial charge in [0.1, 0.15) is 0 Å². The molecule has 0 amide bonds. The van der Waals surface area contributed by atoms with E-state index in [2.05, 4.69) is 33.0 Å². The van der Waals surface area contributed by atoms with Crippen LogP contribution < -0.4 is 5.32 Å². The van der Waals surface area contributed by atoms with E-state index in [0.29, 0.717) is 6.54 Å². The summed E-state index contributed by atoms with van der Waals surface area (Å²) in [6, 6.07) is 0.105. The Labute approximate surface area is 84.1 Å². The zero-order chi connectivity index (χ0) is 8.55.